The van der Waals surface area contributed by atoms with Crippen LogP contribution in [-0.2, 0) is 12.8 Å². The van der Waals surface area contributed by atoms with E-state index in [2.05, 4.69) is 39.8 Å². The minimum Gasteiger partial charge on any atom is -0.241 e. The summed E-state index contributed by atoms with van der Waals surface area (Å²) in [6.45, 7) is 9.01. The van der Waals surface area contributed by atoms with E-state index in [1.54, 1.807) is 0 Å². The molecular formula is C38H58N2S3. The third-order valence-corrected chi connectivity index (χ3v) is 12.3. The predicted molar refractivity (Wildman–Crippen MR) is 197 cm³/mol. The van der Waals surface area contributed by atoms with Crippen molar-refractivity contribution >= 4 is 54.4 Å². The molecule has 0 amide bonds. The van der Waals surface area contributed by atoms with Gasteiger partial charge in [-0.15, -0.1) is 34.0 Å². The number of thiazole rings is 2. The van der Waals surface area contributed by atoms with Gasteiger partial charge in [-0.2, -0.15) is 0 Å². The molecule has 0 aliphatic heterocycles. The molecule has 4 aromatic rings. The van der Waals surface area contributed by atoms with Gasteiger partial charge in [-0.3, -0.25) is 0 Å². The third kappa shape index (κ3) is 10.6. The molecular weight excluding hydrogens is 581 g/mol. The van der Waals surface area contributed by atoms with Crippen molar-refractivity contribution in [2.24, 2.45) is 0 Å². The van der Waals surface area contributed by atoms with Crippen molar-refractivity contribution in [3.05, 3.63) is 33.1 Å². The first kappa shape index (κ1) is 34.6. The fraction of sp³-hybridized carbons (Fsp3) is 0.684. The van der Waals surface area contributed by atoms with E-state index in [0.29, 0.717) is 0 Å². The molecule has 0 bridgehead atoms. The first-order valence-electron chi connectivity index (χ1n) is 17.9. The second kappa shape index (κ2) is 19.3. The lowest BCUT2D eigenvalue weighted by Gasteiger charge is -2.10. The van der Waals surface area contributed by atoms with Crippen LogP contribution in [0.4, 0.5) is 0 Å². The Labute approximate surface area is 275 Å². The van der Waals surface area contributed by atoms with Crippen LogP contribution in [0.2, 0.25) is 0 Å². The van der Waals surface area contributed by atoms with Crippen molar-refractivity contribution in [1.82, 2.24) is 9.97 Å². The van der Waals surface area contributed by atoms with Crippen molar-refractivity contribution in [2.45, 2.75) is 169 Å². The Bertz CT molecular complexity index is 1270. The molecule has 3 aromatic heterocycles. The number of aromatic nitrogens is 2. The zero-order valence-corrected chi connectivity index (χ0v) is 30.3. The average molecular weight is 639 g/mol. The van der Waals surface area contributed by atoms with E-state index in [1.807, 2.05) is 34.0 Å². The van der Waals surface area contributed by atoms with E-state index in [4.69, 9.17) is 9.97 Å². The van der Waals surface area contributed by atoms with Crippen molar-refractivity contribution in [3.8, 4) is 9.88 Å². The molecule has 0 N–H and O–H groups in total. The summed E-state index contributed by atoms with van der Waals surface area (Å²) in [5.41, 5.74) is 5.56. The van der Waals surface area contributed by atoms with Crippen LogP contribution >= 0.6 is 34.0 Å². The van der Waals surface area contributed by atoms with Crippen LogP contribution in [0.1, 0.15) is 163 Å². The number of benzene rings is 1. The molecule has 0 aliphatic carbocycles. The Balaban J connectivity index is 1.42. The Hall–Kier alpha value is -1.30. The summed E-state index contributed by atoms with van der Waals surface area (Å²) in [7, 11) is 0. The zero-order valence-electron chi connectivity index (χ0n) is 27.8. The van der Waals surface area contributed by atoms with Gasteiger partial charge in [-0.1, -0.05) is 129 Å². The van der Waals surface area contributed by atoms with Crippen LogP contribution in [0.3, 0.4) is 0 Å². The molecule has 3 heterocycles. The zero-order chi connectivity index (χ0) is 30.3. The summed E-state index contributed by atoms with van der Waals surface area (Å²) in [6, 6.07) is 4.51. The monoisotopic (exact) mass is 638 g/mol. The highest BCUT2D eigenvalue weighted by molar-refractivity contribution is 7.26. The summed E-state index contributed by atoms with van der Waals surface area (Å²) in [5, 5.41) is 2.41. The largest absolute Gasteiger partial charge is 0.241 e. The Morgan fingerprint density at radius 2 is 0.930 bits per heavy atom. The van der Waals surface area contributed by atoms with Crippen LogP contribution in [0.15, 0.2) is 12.1 Å². The van der Waals surface area contributed by atoms with Gasteiger partial charge < -0.3 is 0 Å². The fourth-order valence-electron chi connectivity index (χ4n) is 6.48. The third-order valence-electron chi connectivity index (χ3n) is 8.99. The van der Waals surface area contributed by atoms with Gasteiger partial charge in [-0.05, 0) is 62.8 Å². The second-order valence-corrected chi connectivity index (χ2v) is 16.3. The Morgan fingerprint density at radius 1 is 0.488 bits per heavy atom. The van der Waals surface area contributed by atoms with E-state index in [-0.39, 0.29) is 0 Å². The highest BCUT2D eigenvalue weighted by atomic mass is 32.1. The fourth-order valence-corrected chi connectivity index (χ4v) is 9.59. The standard InChI is InChI=1S/C38H58N2S3/c1-5-7-9-11-13-15-17-19-21-23-25-31-34-36(42-30(4)39-34)32(26-24-22-20-18-16-14-12-10-8-6-2)35-37(31)43-38(40-35)33-28-27-29(3)41-33/h27-28H,5-26H2,1-4H3. The lowest BCUT2D eigenvalue weighted by molar-refractivity contribution is 0.556. The van der Waals surface area contributed by atoms with Gasteiger partial charge in [0.2, 0.25) is 0 Å². The average Bonchev–Trinajstić information content (AvgIpc) is 3.73. The highest BCUT2D eigenvalue weighted by Gasteiger charge is 2.21. The summed E-state index contributed by atoms with van der Waals surface area (Å²) < 4.78 is 2.86. The van der Waals surface area contributed by atoms with Gasteiger partial charge in [0.1, 0.15) is 5.01 Å². The summed E-state index contributed by atoms with van der Waals surface area (Å²) in [5.74, 6) is 0. The first-order valence-corrected chi connectivity index (χ1v) is 20.4. The van der Waals surface area contributed by atoms with Gasteiger partial charge in [0, 0.05) is 4.88 Å². The molecule has 5 heteroatoms. The molecule has 0 aliphatic rings. The summed E-state index contributed by atoms with van der Waals surface area (Å²) in [6.07, 6.45) is 29.9. The number of unbranched alkanes of at least 4 members (excludes halogenated alkanes) is 18. The van der Waals surface area contributed by atoms with Gasteiger partial charge >= 0.3 is 0 Å². The number of hydrogen-bond acceptors (Lipinski definition) is 5. The summed E-state index contributed by atoms with van der Waals surface area (Å²) in [4.78, 5) is 13.2. The molecule has 0 fully saturated rings. The van der Waals surface area contributed by atoms with Crippen LogP contribution in [0, 0.1) is 13.8 Å². The van der Waals surface area contributed by atoms with Crippen LogP contribution in [0.25, 0.3) is 30.3 Å². The van der Waals surface area contributed by atoms with Crippen molar-refractivity contribution in [3.63, 3.8) is 0 Å². The van der Waals surface area contributed by atoms with Crippen LogP contribution in [-0.4, -0.2) is 9.97 Å². The number of aryl methyl sites for hydroxylation is 4. The van der Waals surface area contributed by atoms with E-state index < -0.39 is 0 Å². The minimum absolute atomic E-state index is 1.14. The Morgan fingerprint density at radius 3 is 1.40 bits per heavy atom. The lowest BCUT2D eigenvalue weighted by Crippen LogP contribution is -1.95. The normalized spacial score (nSPS) is 11.9. The molecule has 0 saturated heterocycles. The molecule has 0 atom stereocenters. The molecule has 4 rings (SSSR count). The van der Waals surface area contributed by atoms with E-state index >= 15 is 0 Å². The maximum absolute atomic E-state index is 5.39. The molecule has 1 aromatic carbocycles. The topological polar surface area (TPSA) is 25.8 Å². The maximum atomic E-state index is 5.39. The molecule has 238 valence electrons. The highest BCUT2D eigenvalue weighted by Crippen LogP contribution is 2.43. The number of nitrogens with zero attached hydrogens (tertiary/aromatic N) is 2. The predicted octanol–water partition coefficient (Wildman–Crippen LogP) is 14.2. The number of thiophene rings is 1. The first-order chi connectivity index (χ1) is 21.1. The number of hydrogen-bond donors (Lipinski definition) is 0. The van der Waals surface area contributed by atoms with E-state index in [0.717, 1.165) is 12.8 Å². The van der Waals surface area contributed by atoms with E-state index in [9.17, 15) is 0 Å². The molecule has 0 spiro atoms. The van der Waals surface area contributed by atoms with Crippen LogP contribution in [0.5, 0.6) is 0 Å². The van der Waals surface area contributed by atoms with Gasteiger partial charge in [0.05, 0.1) is 30.3 Å². The molecule has 2 nitrogen and oxygen atoms in total. The van der Waals surface area contributed by atoms with E-state index in [1.165, 1.54) is 180 Å². The van der Waals surface area contributed by atoms with Crippen molar-refractivity contribution < 1.29 is 0 Å². The molecule has 0 saturated carbocycles. The minimum atomic E-state index is 1.14. The number of rotatable bonds is 23. The molecule has 0 unspecified atom stereocenters. The van der Waals surface area contributed by atoms with Gasteiger partial charge in [-0.25, -0.2) is 9.97 Å². The summed E-state index contributed by atoms with van der Waals surface area (Å²) >= 11 is 5.73. The maximum Gasteiger partial charge on any atom is 0.134 e. The SMILES string of the molecule is CCCCCCCCCCCCc1c2nc(-c3ccc(C)s3)sc2c(CCCCCCCCCCCC)c2nc(C)sc12. The van der Waals surface area contributed by atoms with Gasteiger partial charge in [0.15, 0.2) is 0 Å². The van der Waals surface area contributed by atoms with Crippen molar-refractivity contribution in [2.75, 3.05) is 0 Å². The quantitative estimate of drug-likeness (QED) is 0.0755. The smallest absolute Gasteiger partial charge is 0.134 e. The molecule has 0 radical (unpaired) electrons. The number of fused-ring (bicyclic) bond motifs is 2. The van der Waals surface area contributed by atoms with Crippen molar-refractivity contribution in [1.29, 1.82) is 0 Å². The van der Waals surface area contributed by atoms with Gasteiger partial charge in [0.25, 0.3) is 0 Å². The second-order valence-electron chi connectivity index (χ2n) is 12.8. The van der Waals surface area contributed by atoms with Crippen LogP contribution < -0.4 is 0 Å². The molecule has 43 heavy (non-hydrogen) atoms. The lowest BCUT2D eigenvalue weighted by atomic mass is 9.98. The Kier molecular flexibility index (Phi) is 15.5.